The minimum atomic E-state index is -0.386. The molecule has 0 unspecified atom stereocenters. The summed E-state index contributed by atoms with van der Waals surface area (Å²) in [4.78, 5) is 12.1. The van der Waals surface area contributed by atoms with E-state index in [1.165, 1.54) is 24.6 Å². The van der Waals surface area contributed by atoms with E-state index in [-0.39, 0.29) is 11.7 Å². The molecule has 0 fully saturated rings. The predicted octanol–water partition coefficient (Wildman–Crippen LogP) is 3.88. The number of anilines is 1. The van der Waals surface area contributed by atoms with E-state index in [0.29, 0.717) is 28.6 Å². The van der Waals surface area contributed by atoms with Gasteiger partial charge in [0.2, 0.25) is 0 Å². The third kappa shape index (κ3) is 3.43. The lowest BCUT2D eigenvalue weighted by Gasteiger charge is -2.04. The van der Waals surface area contributed by atoms with Crippen LogP contribution < -0.4 is 5.32 Å². The van der Waals surface area contributed by atoms with Gasteiger partial charge in [0.05, 0.1) is 30.3 Å². The van der Waals surface area contributed by atoms with E-state index in [9.17, 15) is 9.18 Å². The molecule has 2 aromatic heterocycles. The third-order valence-electron chi connectivity index (χ3n) is 3.34. The van der Waals surface area contributed by atoms with E-state index >= 15 is 0 Å². The molecule has 23 heavy (non-hydrogen) atoms. The van der Waals surface area contributed by atoms with E-state index < -0.39 is 0 Å². The summed E-state index contributed by atoms with van der Waals surface area (Å²) >= 11 is 5.99. The smallest absolute Gasteiger partial charge is 0.259 e. The van der Waals surface area contributed by atoms with Gasteiger partial charge in [-0.1, -0.05) is 17.7 Å². The van der Waals surface area contributed by atoms with Gasteiger partial charge in [-0.05, 0) is 30.7 Å². The number of aryl methyl sites for hydroxylation is 1. The first-order chi connectivity index (χ1) is 11.0. The van der Waals surface area contributed by atoms with Crippen LogP contribution in [0.1, 0.15) is 21.7 Å². The van der Waals surface area contributed by atoms with Gasteiger partial charge in [-0.2, -0.15) is 5.10 Å². The molecule has 1 N–H and O–H groups in total. The summed E-state index contributed by atoms with van der Waals surface area (Å²) in [6.07, 6.45) is 4.67. The number of rotatable bonds is 4. The van der Waals surface area contributed by atoms with Crippen LogP contribution in [-0.4, -0.2) is 15.7 Å². The van der Waals surface area contributed by atoms with Crippen molar-refractivity contribution in [1.82, 2.24) is 9.78 Å². The molecule has 0 saturated heterocycles. The topological polar surface area (TPSA) is 60.1 Å². The Hall–Kier alpha value is -2.60. The Kier molecular flexibility index (Phi) is 4.16. The van der Waals surface area contributed by atoms with E-state index in [0.717, 1.165) is 5.56 Å². The van der Waals surface area contributed by atoms with Crippen molar-refractivity contribution in [2.45, 2.75) is 13.5 Å². The van der Waals surface area contributed by atoms with Crippen LogP contribution in [0.2, 0.25) is 5.02 Å². The van der Waals surface area contributed by atoms with E-state index in [4.69, 9.17) is 16.0 Å². The number of furan rings is 1. The Bertz CT molecular complexity index is 857. The average molecular weight is 334 g/mol. The number of benzene rings is 1. The molecule has 1 aromatic carbocycles. The number of hydrogen-bond acceptors (Lipinski definition) is 3. The molecule has 0 aliphatic carbocycles. The van der Waals surface area contributed by atoms with Crippen LogP contribution in [0, 0.1) is 12.7 Å². The first-order valence-electron chi connectivity index (χ1n) is 6.85. The van der Waals surface area contributed by atoms with Crippen LogP contribution in [0.5, 0.6) is 0 Å². The van der Waals surface area contributed by atoms with Crippen molar-refractivity contribution in [1.29, 1.82) is 0 Å². The summed E-state index contributed by atoms with van der Waals surface area (Å²) < 4.78 is 19.8. The molecular formula is C16H13ClFN3O2. The quantitative estimate of drug-likeness (QED) is 0.788. The normalized spacial score (nSPS) is 10.7. The number of carbonyl (C=O) groups is 1. The molecule has 118 valence electrons. The molecule has 0 aliphatic heterocycles. The zero-order valence-corrected chi connectivity index (χ0v) is 13.0. The number of amides is 1. The van der Waals surface area contributed by atoms with Gasteiger partial charge >= 0.3 is 0 Å². The van der Waals surface area contributed by atoms with Crippen molar-refractivity contribution in [2.24, 2.45) is 0 Å². The SMILES string of the molecule is Cc1occc1C(=O)Nc1cnn(Cc2ccc(F)cc2Cl)c1. The summed E-state index contributed by atoms with van der Waals surface area (Å²) in [7, 11) is 0. The molecular weight excluding hydrogens is 321 g/mol. The van der Waals surface area contributed by atoms with Crippen molar-refractivity contribution in [3.05, 3.63) is 70.6 Å². The minimum Gasteiger partial charge on any atom is -0.469 e. The van der Waals surface area contributed by atoms with Gasteiger partial charge in [-0.15, -0.1) is 0 Å². The maximum atomic E-state index is 13.0. The van der Waals surface area contributed by atoms with Gasteiger partial charge in [0.1, 0.15) is 11.6 Å². The van der Waals surface area contributed by atoms with Crippen LogP contribution in [0.4, 0.5) is 10.1 Å². The summed E-state index contributed by atoms with van der Waals surface area (Å²) in [5.41, 5.74) is 1.76. The molecule has 0 aliphatic rings. The van der Waals surface area contributed by atoms with Crippen LogP contribution in [-0.2, 0) is 6.54 Å². The largest absolute Gasteiger partial charge is 0.469 e. The van der Waals surface area contributed by atoms with Gasteiger partial charge in [-0.25, -0.2) is 4.39 Å². The number of halogens is 2. The van der Waals surface area contributed by atoms with Gasteiger partial charge in [0, 0.05) is 11.2 Å². The molecule has 0 bridgehead atoms. The monoisotopic (exact) mass is 333 g/mol. The second-order valence-electron chi connectivity index (χ2n) is 5.01. The summed E-state index contributed by atoms with van der Waals surface area (Å²) in [5, 5.41) is 7.23. The Morgan fingerprint density at radius 2 is 2.26 bits per heavy atom. The molecule has 3 rings (SSSR count). The number of hydrogen-bond donors (Lipinski definition) is 1. The lowest BCUT2D eigenvalue weighted by Crippen LogP contribution is -2.11. The molecule has 2 heterocycles. The predicted molar refractivity (Wildman–Crippen MR) is 84.1 cm³/mol. The van der Waals surface area contributed by atoms with E-state index in [2.05, 4.69) is 10.4 Å². The van der Waals surface area contributed by atoms with Crippen molar-refractivity contribution >= 4 is 23.2 Å². The minimum absolute atomic E-state index is 0.268. The molecule has 1 amide bonds. The van der Waals surface area contributed by atoms with Gasteiger partial charge in [0.15, 0.2) is 0 Å². The standard InChI is InChI=1S/C16H13ClFN3O2/c1-10-14(4-5-23-10)16(22)20-13-7-19-21(9-13)8-11-2-3-12(18)6-15(11)17/h2-7,9H,8H2,1H3,(H,20,22). The molecule has 0 spiro atoms. The van der Waals surface area contributed by atoms with Gasteiger partial charge in [0.25, 0.3) is 5.91 Å². The summed E-state index contributed by atoms with van der Waals surface area (Å²) in [5.74, 6) is -0.105. The van der Waals surface area contributed by atoms with Crippen LogP contribution in [0.25, 0.3) is 0 Å². The average Bonchev–Trinajstić information content (AvgIpc) is 3.11. The van der Waals surface area contributed by atoms with Crippen molar-refractivity contribution in [3.63, 3.8) is 0 Å². The fourth-order valence-electron chi connectivity index (χ4n) is 2.16. The highest BCUT2D eigenvalue weighted by atomic mass is 35.5. The maximum absolute atomic E-state index is 13.0. The van der Waals surface area contributed by atoms with Crippen molar-refractivity contribution < 1.29 is 13.6 Å². The second kappa shape index (κ2) is 6.26. The second-order valence-corrected chi connectivity index (χ2v) is 5.41. The molecule has 5 nitrogen and oxygen atoms in total. The number of carbonyl (C=O) groups excluding carboxylic acids is 1. The zero-order chi connectivity index (χ0) is 16.4. The number of aromatic nitrogens is 2. The van der Waals surface area contributed by atoms with Gasteiger partial charge in [-0.3, -0.25) is 9.48 Å². The molecule has 7 heteroatoms. The third-order valence-corrected chi connectivity index (χ3v) is 3.69. The fraction of sp³-hybridized carbons (Fsp3) is 0.125. The Labute approximate surface area is 136 Å². The van der Waals surface area contributed by atoms with Crippen LogP contribution in [0.15, 0.2) is 47.3 Å². The Balaban J connectivity index is 1.71. The fourth-order valence-corrected chi connectivity index (χ4v) is 2.38. The Morgan fingerprint density at radius 3 is 2.96 bits per heavy atom. The zero-order valence-electron chi connectivity index (χ0n) is 12.2. The molecule has 0 saturated carbocycles. The molecule has 0 radical (unpaired) electrons. The Morgan fingerprint density at radius 1 is 1.43 bits per heavy atom. The van der Waals surface area contributed by atoms with E-state index in [1.807, 2.05) is 0 Å². The summed E-state index contributed by atoms with van der Waals surface area (Å²) in [6, 6.07) is 5.81. The summed E-state index contributed by atoms with van der Waals surface area (Å²) in [6.45, 7) is 2.09. The van der Waals surface area contributed by atoms with Crippen LogP contribution >= 0.6 is 11.6 Å². The number of nitrogens with zero attached hydrogens (tertiary/aromatic N) is 2. The molecule has 0 atom stereocenters. The lowest BCUT2D eigenvalue weighted by atomic mass is 10.2. The highest BCUT2D eigenvalue weighted by Gasteiger charge is 2.12. The number of nitrogens with one attached hydrogen (secondary N) is 1. The van der Waals surface area contributed by atoms with Crippen molar-refractivity contribution in [2.75, 3.05) is 5.32 Å². The molecule has 3 aromatic rings. The van der Waals surface area contributed by atoms with Crippen LogP contribution in [0.3, 0.4) is 0 Å². The first-order valence-corrected chi connectivity index (χ1v) is 7.22. The van der Waals surface area contributed by atoms with Crippen molar-refractivity contribution in [3.8, 4) is 0 Å². The maximum Gasteiger partial charge on any atom is 0.259 e. The lowest BCUT2D eigenvalue weighted by molar-refractivity contribution is 0.102. The van der Waals surface area contributed by atoms with Gasteiger partial charge < -0.3 is 9.73 Å². The first kappa shape index (κ1) is 15.3. The van der Waals surface area contributed by atoms with E-state index in [1.54, 1.807) is 29.9 Å². The highest BCUT2D eigenvalue weighted by molar-refractivity contribution is 6.31. The highest BCUT2D eigenvalue weighted by Crippen LogP contribution is 2.19.